The monoisotopic (exact) mass is 462 g/mol. The Bertz CT molecular complexity index is 1200. The molecule has 0 unspecified atom stereocenters. The van der Waals surface area contributed by atoms with E-state index < -0.39 is 15.4 Å². The summed E-state index contributed by atoms with van der Waals surface area (Å²) >= 11 is 0. The highest BCUT2D eigenvalue weighted by Crippen LogP contribution is 2.48. The summed E-state index contributed by atoms with van der Waals surface area (Å²) in [6, 6.07) is 24.2. The van der Waals surface area contributed by atoms with E-state index in [0.717, 1.165) is 30.4 Å². The summed E-state index contributed by atoms with van der Waals surface area (Å²) < 4.78 is 28.1. The lowest BCUT2D eigenvalue weighted by Crippen LogP contribution is -2.35. The summed E-state index contributed by atoms with van der Waals surface area (Å²) in [6.45, 7) is 4.73. The van der Waals surface area contributed by atoms with Gasteiger partial charge in [0.1, 0.15) is 0 Å². The van der Waals surface area contributed by atoms with Crippen LogP contribution in [0.4, 0.5) is 5.69 Å². The molecule has 0 aliphatic heterocycles. The summed E-state index contributed by atoms with van der Waals surface area (Å²) in [5.74, 6) is 0.379. The molecule has 0 radical (unpaired) electrons. The first-order valence-electron chi connectivity index (χ1n) is 11.4. The van der Waals surface area contributed by atoms with Gasteiger partial charge in [0.2, 0.25) is 5.91 Å². The zero-order chi connectivity index (χ0) is 23.5. The van der Waals surface area contributed by atoms with Crippen LogP contribution in [0.5, 0.6) is 0 Å². The van der Waals surface area contributed by atoms with Gasteiger partial charge in [0, 0.05) is 12.2 Å². The van der Waals surface area contributed by atoms with Gasteiger partial charge in [-0.15, -0.1) is 0 Å². The van der Waals surface area contributed by atoms with Crippen LogP contribution >= 0.6 is 0 Å². The zero-order valence-electron chi connectivity index (χ0n) is 19.0. The van der Waals surface area contributed by atoms with E-state index >= 15 is 0 Å². The topological polar surface area (TPSA) is 75.3 Å². The van der Waals surface area contributed by atoms with Crippen LogP contribution in [0.15, 0.2) is 83.8 Å². The standard InChI is InChI=1S/C27H30N2O3S/c1-20(2)22-8-14-25(15-9-22)33(31,32)29-24-12-10-23(11-13-24)27(17-18-27)26(30)28-19-16-21-6-4-3-5-7-21/h3-15,20,29H,16-19H2,1-2H3,(H,28,30). The molecule has 0 saturated heterocycles. The van der Waals surface area contributed by atoms with Gasteiger partial charge in [0.15, 0.2) is 0 Å². The Morgan fingerprint density at radius 3 is 2.12 bits per heavy atom. The second kappa shape index (κ2) is 9.40. The van der Waals surface area contributed by atoms with Crippen molar-refractivity contribution >= 4 is 21.6 Å². The third kappa shape index (κ3) is 5.28. The van der Waals surface area contributed by atoms with E-state index in [4.69, 9.17) is 0 Å². The molecule has 33 heavy (non-hydrogen) atoms. The highest BCUT2D eigenvalue weighted by atomic mass is 32.2. The minimum Gasteiger partial charge on any atom is -0.355 e. The Labute approximate surface area is 196 Å². The van der Waals surface area contributed by atoms with Gasteiger partial charge in [-0.05, 0) is 66.1 Å². The average Bonchev–Trinajstić information content (AvgIpc) is 3.62. The van der Waals surface area contributed by atoms with Crippen molar-refractivity contribution in [2.45, 2.75) is 49.3 Å². The molecule has 0 spiro atoms. The second-order valence-corrected chi connectivity index (χ2v) is 10.7. The summed E-state index contributed by atoms with van der Waals surface area (Å²) in [5.41, 5.74) is 3.19. The summed E-state index contributed by atoms with van der Waals surface area (Å²) in [5, 5.41) is 3.07. The molecule has 0 bridgehead atoms. The van der Waals surface area contributed by atoms with Crippen LogP contribution < -0.4 is 10.0 Å². The Balaban J connectivity index is 1.38. The lowest BCUT2D eigenvalue weighted by molar-refractivity contribution is -0.123. The third-order valence-corrected chi connectivity index (χ3v) is 7.67. The van der Waals surface area contributed by atoms with Crippen LogP contribution in [-0.2, 0) is 26.7 Å². The fourth-order valence-electron chi connectivity index (χ4n) is 4.01. The van der Waals surface area contributed by atoms with Crippen molar-refractivity contribution in [1.29, 1.82) is 0 Å². The largest absolute Gasteiger partial charge is 0.355 e. The lowest BCUT2D eigenvalue weighted by Gasteiger charge is -2.17. The van der Waals surface area contributed by atoms with Crippen molar-refractivity contribution in [3.63, 3.8) is 0 Å². The number of rotatable bonds is 9. The van der Waals surface area contributed by atoms with Gasteiger partial charge in [0.05, 0.1) is 10.3 Å². The molecule has 3 aromatic rings. The van der Waals surface area contributed by atoms with Crippen LogP contribution in [0, 0.1) is 0 Å². The van der Waals surface area contributed by atoms with Gasteiger partial charge in [-0.25, -0.2) is 8.42 Å². The van der Waals surface area contributed by atoms with E-state index in [1.165, 1.54) is 5.56 Å². The van der Waals surface area contributed by atoms with Crippen LogP contribution in [0.3, 0.4) is 0 Å². The number of hydrogen-bond acceptors (Lipinski definition) is 3. The molecule has 1 saturated carbocycles. The smallest absolute Gasteiger partial charge is 0.261 e. The molecular weight excluding hydrogens is 432 g/mol. The minimum absolute atomic E-state index is 0.0389. The lowest BCUT2D eigenvalue weighted by atomic mass is 9.94. The van der Waals surface area contributed by atoms with E-state index in [2.05, 4.69) is 36.0 Å². The number of benzene rings is 3. The molecule has 1 fully saturated rings. The number of hydrogen-bond donors (Lipinski definition) is 2. The molecule has 2 N–H and O–H groups in total. The Morgan fingerprint density at radius 1 is 0.909 bits per heavy atom. The van der Waals surface area contributed by atoms with Gasteiger partial charge in [0.25, 0.3) is 10.0 Å². The van der Waals surface area contributed by atoms with Gasteiger partial charge in [-0.3, -0.25) is 9.52 Å². The zero-order valence-corrected chi connectivity index (χ0v) is 19.9. The number of carbonyl (C=O) groups is 1. The Kier molecular flexibility index (Phi) is 6.56. The van der Waals surface area contributed by atoms with Crippen molar-refractivity contribution < 1.29 is 13.2 Å². The summed E-state index contributed by atoms with van der Waals surface area (Å²) in [7, 11) is -3.67. The number of carbonyl (C=O) groups excluding carboxylic acids is 1. The highest BCUT2D eigenvalue weighted by Gasteiger charge is 2.51. The van der Waals surface area contributed by atoms with Crippen molar-refractivity contribution in [2.24, 2.45) is 0 Å². The SMILES string of the molecule is CC(C)c1ccc(S(=O)(=O)Nc2ccc(C3(C(=O)NCCc4ccccc4)CC3)cc2)cc1. The Hall–Kier alpha value is -3.12. The van der Waals surface area contributed by atoms with Gasteiger partial charge >= 0.3 is 0 Å². The molecule has 0 aromatic heterocycles. The molecular formula is C27H30N2O3S. The number of sulfonamides is 1. The van der Waals surface area contributed by atoms with E-state index in [1.54, 1.807) is 24.3 Å². The van der Waals surface area contributed by atoms with Crippen molar-refractivity contribution in [2.75, 3.05) is 11.3 Å². The van der Waals surface area contributed by atoms with E-state index in [9.17, 15) is 13.2 Å². The normalized spacial score (nSPS) is 14.6. The summed E-state index contributed by atoms with van der Waals surface area (Å²) in [4.78, 5) is 13.1. The number of amides is 1. The fourth-order valence-corrected chi connectivity index (χ4v) is 5.07. The minimum atomic E-state index is -3.67. The molecule has 6 heteroatoms. The molecule has 1 amide bonds. The quantitative estimate of drug-likeness (QED) is 0.470. The highest BCUT2D eigenvalue weighted by molar-refractivity contribution is 7.92. The fraction of sp³-hybridized carbons (Fsp3) is 0.296. The van der Waals surface area contributed by atoms with Crippen LogP contribution in [0.2, 0.25) is 0 Å². The van der Waals surface area contributed by atoms with Gasteiger partial charge in [-0.2, -0.15) is 0 Å². The van der Waals surface area contributed by atoms with Crippen molar-refractivity contribution in [1.82, 2.24) is 5.32 Å². The maximum absolute atomic E-state index is 12.9. The first-order chi connectivity index (χ1) is 15.8. The van der Waals surface area contributed by atoms with Gasteiger partial charge in [-0.1, -0.05) is 68.4 Å². The van der Waals surface area contributed by atoms with E-state index in [-0.39, 0.29) is 10.8 Å². The van der Waals surface area contributed by atoms with E-state index in [1.807, 2.05) is 42.5 Å². The third-order valence-electron chi connectivity index (χ3n) is 6.27. The maximum atomic E-state index is 12.9. The van der Waals surface area contributed by atoms with Crippen LogP contribution in [0.25, 0.3) is 0 Å². The molecule has 0 heterocycles. The summed E-state index contributed by atoms with van der Waals surface area (Å²) in [6.07, 6.45) is 2.40. The maximum Gasteiger partial charge on any atom is 0.261 e. The van der Waals surface area contributed by atoms with Crippen LogP contribution in [-0.4, -0.2) is 20.9 Å². The number of anilines is 1. The van der Waals surface area contributed by atoms with E-state index in [0.29, 0.717) is 18.2 Å². The molecule has 3 aromatic carbocycles. The first-order valence-corrected chi connectivity index (χ1v) is 12.8. The van der Waals surface area contributed by atoms with Gasteiger partial charge < -0.3 is 5.32 Å². The molecule has 0 atom stereocenters. The predicted octanol–water partition coefficient (Wildman–Crippen LogP) is 5.00. The first kappa shape index (κ1) is 23.1. The number of nitrogens with one attached hydrogen (secondary N) is 2. The van der Waals surface area contributed by atoms with Crippen molar-refractivity contribution in [3.05, 3.63) is 95.6 Å². The molecule has 172 valence electrons. The van der Waals surface area contributed by atoms with Crippen LogP contribution in [0.1, 0.15) is 49.3 Å². The average molecular weight is 463 g/mol. The predicted molar refractivity (Wildman–Crippen MR) is 132 cm³/mol. The van der Waals surface area contributed by atoms with Crippen molar-refractivity contribution in [3.8, 4) is 0 Å². The molecule has 4 rings (SSSR count). The second-order valence-electron chi connectivity index (χ2n) is 8.98. The molecule has 1 aliphatic rings. The molecule has 1 aliphatic carbocycles. The Morgan fingerprint density at radius 2 is 1.55 bits per heavy atom. The molecule has 5 nitrogen and oxygen atoms in total.